The van der Waals surface area contributed by atoms with Crippen LogP contribution < -0.4 is 9.46 Å². The maximum atomic E-state index is 12.7. The molecule has 3 rings (SSSR count). The summed E-state index contributed by atoms with van der Waals surface area (Å²) in [6.07, 6.45) is 0.694. The fraction of sp³-hybridized carbons (Fsp3) is 0.444. The molecular formula is C18H23N3O5S. The molecule has 27 heavy (non-hydrogen) atoms. The first-order valence-corrected chi connectivity index (χ1v) is 10.1. The van der Waals surface area contributed by atoms with E-state index in [1.54, 1.807) is 18.9 Å². The molecule has 1 unspecified atom stereocenters. The van der Waals surface area contributed by atoms with Gasteiger partial charge in [0.25, 0.3) is 0 Å². The number of aryl methyl sites for hydroxylation is 2. The first kappa shape index (κ1) is 19.4. The summed E-state index contributed by atoms with van der Waals surface area (Å²) >= 11 is 0. The predicted octanol–water partition coefficient (Wildman–Crippen LogP) is 1.72. The number of ether oxygens (including phenoxy) is 1. The summed E-state index contributed by atoms with van der Waals surface area (Å²) in [4.78, 5) is 14.3. The van der Waals surface area contributed by atoms with Gasteiger partial charge in [-0.25, -0.2) is 13.1 Å². The van der Waals surface area contributed by atoms with Crippen LogP contribution in [-0.4, -0.2) is 44.6 Å². The van der Waals surface area contributed by atoms with Gasteiger partial charge < -0.3 is 14.2 Å². The summed E-state index contributed by atoms with van der Waals surface area (Å²) in [7, 11) is -2.25. The van der Waals surface area contributed by atoms with Gasteiger partial charge in [-0.15, -0.1) is 0 Å². The van der Waals surface area contributed by atoms with Crippen molar-refractivity contribution in [3.8, 4) is 5.75 Å². The van der Waals surface area contributed by atoms with Crippen molar-refractivity contribution in [3.63, 3.8) is 0 Å². The molecule has 1 amide bonds. The second kappa shape index (κ2) is 7.32. The maximum Gasteiger partial charge on any atom is 0.246 e. The fourth-order valence-electron chi connectivity index (χ4n) is 3.47. The van der Waals surface area contributed by atoms with E-state index >= 15 is 0 Å². The number of carbonyl (C=O) groups excluding carboxylic acids is 1. The van der Waals surface area contributed by atoms with Gasteiger partial charge in [-0.05, 0) is 50.5 Å². The van der Waals surface area contributed by atoms with Crippen LogP contribution in [0.2, 0.25) is 0 Å². The lowest BCUT2D eigenvalue weighted by Crippen LogP contribution is -2.44. The van der Waals surface area contributed by atoms with Crippen LogP contribution in [0.3, 0.4) is 0 Å². The Morgan fingerprint density at radius 2 is 2.15 bits per heavy atom. The Hall–Kier alpha value is -2.39. The van der Waals surface area contributed by atoms with Gasteiger partial charge in [0.2, 0.25) is 15.9 Å². The standard InChI is InChI=1S/C18H23N3O5S/c1-11-18(13(3)26-20-11)27(23,24)19-10-17(22)21-8-7-14-9-15(25-4)5-6-16(14)12(21)2/h5-6,9,12,19H,7-8,10H2,1-4H3. The second-order valence-corrected chi connectivity index (χ2v) is 8.26. The predicted molar refractivity (Wildman–Crippen MR) is 98.0 cm³/mol. The van der Waals surface area contributed by atoms with Crippen LogP contribution >= 0.6 is 0 Å². The number of hydrogen-bond donors (Lipinski definition) is 1. The zero-order chi connectivity index (χ0) is 19.8. The minimum absolute atomic E-state index is 0.0144. The molecule has 1 N–H and O–H groups in total. The van der Waals surface area contributed by atoms with Crippen molar-refractivity contribution in [1.29, 1.82) is 0 Å². The Kier molecular flexibility index (Phi) is 5.25. The summed E-state index contributed by atoms with van der Waals surface area (Å²) in [5.41, 5.74) is 2.45. The summed E-state index contributed by atoms with van der Waals surface area (Å²) in [6.45, 7) is 5.21. The van der Waals surface area contributed by atoms with E-state index in [0.29, 0.717) is 13.0 Å². The number of amides is 1. The molecule has 1 aliphatic heterocycles. The van der Waals surface area contributed by atoms with Crippen LogP contribution in [0.15, 0.2) is 27.6 Å². The van der Waals surface area contributed by atoms with Crippen LogP contribution in [0, 0.1) is 13.8 Å². The van der Waals surface area contributed by atoms with Crippen molar-refractivity contribution in [2.24, 2.45) is 0 Å². The van der Waals surface area contributed by atoms with Crippen molar-refractivity contribution in [3.05, 3.63) is 40.8 Å². The highest BCUT2D eigenvalue weighted by atomic mass is 32.2. The van der Waals surface area contributed by atoms with E-state index in [1.807, 2.05) is 25.1 Å². The van der Waals surface area contributed by atoms with Gasteiger partial charge in [0.05, 0.1) is 19.7 Å². The Bertz CT molecular complexity index is 948. The molecule has 2 aromatic rings. The molecule has 0 saturated heterocycles. The molecule has 1 atom stereocenters. The zero-order valence-corrected chi connectivity index (χ0v) is 16.6. The molecule has 9 heteroatoms. The smallest absolute Gasteiger partial charge is 0.246 e. The number of carbonyl (C=O) groups is 1. The number of rotatable bonds is 5. The average Bonchev–Trinajstić information content (AvgIpc) is 2.99. The van der Waals surface area contributed by atoms with E-state index < -0.39 is 10.0 Å². The van der Waals surface area contributed by atoms with Crippen LogP contribution in [0.5, 0.6) is 5.75 Å². The molecule has 146 valence electrons. The average molecular weight is 393 g/mol. The van der Waals surface area contributed by atoms with Gasteiger partial charge in [0.1, 0.15) is 16.3 Å². The molecule has 0 bridgehead atoms. The lowest BCUT2D eigenvalue weighted by Gasteiger charge is -2.35. The molecule has 0 spiro atoms. The number of hydrogen-bond acceptors (Lipinski definition) is 6. The van der Waals surface area contributed by atoms with Gasteiger partial charge in [-0.1, -0.05) is 11.2 Å². The first-order chi connectivity index (χ1) is 12.7. The van der Waals surface area contributed by atoms with Crippen molar-refractivity contribution in [2.75, 3.05) is 20.2 Å². The molecule has 2 heterocycles. The van der Waals surface area contributed by atoms with Crippen molar-refractivity contribution in [1.82, 2.24) is 14.8 Å². The van der Waals surface area contributed by atoms with Gasteiger partial charge in [-0.2, -0.15) is 0 Å². The molecule has 0 fully saturated rings. The number of methoxy groups -OCH3 is 1. The Labute approximate surface area is 158 Å². The number of aromatic nitrogens is 1. The lowest BCUT2D eigenvalue weighted by atomic mass is 9.93. The summed E-state index contributed by atoms with van der Waals surface area (Å²) < 4.78 is 37.5. The van der Waals surface area contributed by atoms with E-state index in [2.05, 4.69) is 9.88 Å². The fourth-order valence-corrected chi connectivity index (χ4v) is 4.76. The third-order valence-electron chi connectivity index (χ3n) is 4.86. The minimum atomic E-state index is -3.87. The van der Waals surface area contributed by atoms with Crippen LogP contribution in [0.4, 0.5) is 0 Å². The summed E-state index contributed by atoms with van der Waals surface area (Å²) in [5.74, 6) is 0.703. The third-order valence-corrected chi connectivity index (χ3v) is 6.50. The Balaban J connectivity index is 1.71. The van der Waals surface area contributed by atoms with Gasteiger partial charge in [0.15, 0.2) is 5.76 Å². The van der Waals surface area contributed by atoms with Crippen molar-refractivity contribution >= 4 is 15.9 Å². The number of sulfonamides is 1. The highest BCUT2D eigenvalue weighted by molar-refractivity contribution is 7.89. The van der Waals surface area contributed by atoms with Gasteiger partial charge in [0, 0.05) is 6.54 Å². The monoisotopic (exact) mass is 393 g/mol. The van der Waals surface area contributed by atoms with Crippen LogP contribution in [-0.2, 0) is 21.2 Å². The van der Waals surface area contributed by atoms with Crippen molar-refractivity contribution in [2.45, 2.75) is 38.1 Å². The molecular weight excluding hydrogens is 370 g/mol. The van der Waals surface area contributed by atoms with E-state index in [1.165, 1.54) is 6.92 Å². The first-order valence-electron chi connectivity index (χ1n) is 8.63. The molecule has 0 radical (unpaired) electrons. The molecule has 1 aliphatic rings. The topological polar surface area (TPSA) is 102 Å². The molecule has 0 saturated carbocycles. The largest absolute Gasteiger partial charge is 0.497 e. The van der Waals surface area contributed by atoms with Gasteiger partial charge in [-0.3, -0.25) is 4.79 Å². The summed E-state index contributed by atoms with van der Waals surface area (Å²) in [5, 5.41) is 3.65. The molecule has 1 aromatic carbocycles. The Morgan fingerprint density at radius 1 is 1.41 bits per heavy atom. The zero-order valence-electron chi connectivity index (χ0n) is 15.8. The second-order valence-electron chi connectivity index (χ2n) is 6.56. The number of fused-ring (bicyclic) bond motifs is 1. The Morgan fingerprint density at radius 3 is 2.78 bits per heavy atom. The van der Waals surface area contributed by atoms with Crippen LogP contribution in [0.1, 0.15) is 35.5 Å². The number of nitrogens with zero attached hydrogens (tertiary/aromatic N) is 2. The van der Waals surface area contributed by atoms with Crippen molar-refractivity contribution < 1.29 is 22.5 Å². The number of nitrogens with one attached hydrogen (secondary N) is 1. The van der Waals surface area contributed by atoms with Crippen LogP contribution in [0.25, 0.3) is 0 Å². The highest BCUT2D eigenvalue weighted by Gasteiger charge is 2.30. The molecule has 1 aromatic heterocycles. The molecule has 8 nitrogen and oxygen atoms in total. The quantitative estimate of drug-likeness (QED) is 0.830. The van der Waals surface area contributed by atoms with E-state index in [0.717, 1.165) is 16.9 Å². The highest BCUT2D eigenvalue weighted by Crippen LogP contribution is 2.31. The van der Waals surface area contributed by atoms with E-state index in [-0.39, 0.29) is 34.8 Å². The minimum Gasteiger partial charge on any atom is -0.497 e. The lowest BCUT2D eigenvalue weighted by molar-refractivity contribution is -0.132. The normalized spacial score (nSPS) is 16.9. The number of benzene rings is 1. The molecule has 0 aliphatic carbocycles. The third kappa shape index (κ3) is 3.70. The SMILES string of the molecule is COc1ccc2c(c1)CCN(C(=O)CNS(=O)(=O)c1c(C)noc1C)C2C. The van der Waals surface area contributed by atoms with E-state index in [4.69, 9.17) is 9.26 Å². The summed E-state index contributed by atoms with van der Waals surface area (Å²) in [6, 6.07) is 5.65. The van der Waals surface area contributed by atoms with E-state index in [9.17, 15) is 13.2 Å². The van der Waals surface area contributed by atoms with Gasteiger partial charge >= 0.3 is 0 Å². The maximum absolute atomic E-state index is 12.7.